The lowest BCUT2D eigenvalue weighted by atomic mass is 9.98. The lowest BCUT2D eigenvalue weighted by molar-refractivity contribution is -0.138. The van der Waals surface area contributed by atoms with E-state index in [-0.39, 0.29) is 17.8 Å². The highest BCUT2D eigenvalue weighted by Gasteiger charge is 2.47. The van der Waals surface area contributed by atoms with E-state index in [1.165, 1.54) is 0 Å². The first-order valence-electron chi connectivity index (χ1n) is 10.0. The first-order chi connectivity index (χ1) is 16.0. The van der Waals surface area contributed by atoms with Gasteiger partial charge in [-0.2, -0.15) is 26.3 Å². The number of amides is 2. The average Bonchev–Trinajstić information content (AvgIpc) is 3.03. The molecule has 2 amide bonds. The Morgan fingerprint density at radius 2 is 0.971 bits per heavy atom. The molecule has 4 rings (SSSR count). The number of hydrazine groups is 1. The van der Waals surface area contributed by atoms with Crippen LogP contribution in [0.3, 0.4) is 0 Å². The molecule has 1 aliphatic rings. The average molecular weight is 478 g/mol. The minimum atomic E-state index is -4.60. The van der Waals surface area contributed by atoms with E-state index in [1.54, 1.807) is 30.3 Å². The van der Waals surface area contributed by atoms with E-state index < -0.39 is 41.2 Å². The smallest absolute Gasteiger partial charge is 0.272 e. The third kappa shape index (κ3) is 4.48. The summed E-state index contributed by atoms with van der Waals surface area (Å²) in [6.45, 7) is 0. The summed E-state index contributed by atoms with van der Waals surface area (Å²) in [5.41, 5.74) is -1.27. The summed E-state index contributed by atoms with van der Waals surface area (Å²) in [4.78, 5) is 26.5. The molecule has 0 aliphatic carbocycles. The van der Waals surface area contributed by atoms with Crippen LogP contribution in [-0.2, 0) is 28.4 Å². The highest BCUT2D eigenvalue weighted by molar-refractivity contribution is 6.23. The predicted octanol–water partition coefficient (Wildman–Crippen LogP) is 5.88. The van der Waals surface area contributed by atoms with Gasteiger partial charge in [-0.3, -0.25) is 9.59 Å². The number of benzene rings is 3. The van der Waals surface area contributed by atoms with Crippen molar-refractivity contribution in [2.24, 2.45) is 5.92 Å². The fourth-order valence-electron chi connectivity index (χ4n) is 3.69. The van der Waals surface area contributed by atoms with Gasteiger partial charge in [-0.05, 0) is 60.5 Å². The molecule has 1 heterocycles. The summed E-state index contributed by atoms with van der Waals surface area (Å²) in [7, 11) is 0. The molecule has 1 fully saturated rings. The number of anilines is 2. The van der Waals surface area contributed by atoms with Gasteiger partial charge in [-0.25, -0.2) is 10.0 Å². The van der Waals surface area contributed by atoms with Crippen molar-refractivity contribution in [1.82, 2.24) is 0 Å². The maximum absolute atomic E-state index is 13.3. The van der Waals surface area contributed by atoms with Crippen molar-refractivity contribution >= 4 is 23.2 Å². The monoisotopic (exact) mass is 478 g/mol. The van der Waals surface area contributed by atoms with Gasteiger partial charge in [0.15, 0.2) is 0 Å². The van der Waals surface area contributed by atoms with Gasteiger partial charge in [-0.1, -0.05) is 30.3 Å². The summed E-state index contributed by atoms with van der Waals surface area (Å²) in [5, 5.41) is 1.80. The number of rotatable bonds is 4. The Hall–Kier alpha value is -3.82. The second kappa shape index (κ2) is 8.51. The van der Waals surface area contributed by atoms with Crippen molar-refractivity contribution in [2.45, 2.75) is 18.8 Å². The van der Waals surface area contributed by atoms with E-state index in [0.29, 0.717) is 5.56 Å². The zero-order chi connectivity index (χ0) is 24.7. The quantitative estimate of drug-likeness (QED) is 0.347. The molecule has 0 aromatic heterocycles. The van der Waals surface area contributed by atoms with Crippen LogP contribution >= 0.6 is 0 Å². The van der Waals surface area contributed by atoms with Crippen LogP contribution in [0.2, 0.25) is 0 Å². The van der Waals surface area contributed by atoms with E-state index in [0.717, 1.165) is 58.5 Å². The van der Waals surface area contributed by atoms with Gasteiger partial charge >= 0.3 is 12.4 Å². The predicted molar refractivity (Wildman–Crippen MR) is 111 cm³/mol. The Bertz CT molecular complexity index is 1110. The Morgan fingerprint density at radius 1 is 0.588 bits per heavy atom. The number of halogens is 6. The topological polar surface area (TPSA) is 40.6 Å². The fraction of sp³-hybridized carbons (Fsp3) is 0.167. The third-order valence-corrected chi connectivity index (χ3v) is 5.37. The SMILES string of the molecule is O=C1C(Cc2ccccc2)C(=O)N(c2ccc(C(F)(F)F)cc2)N1c1ccc(C(F)(F)F)cc1. The zero-order valence-electron chi connectivity index (χ0n) is 17.3. The Labute approximate surface area is 190 Å². The summed E-state index contributed by atoms with van der Waals surface area (Å²) >= 11 is 0. The Morgan fingerprint density at radius 3 is 1.32 bits per heavy atom. The fourth-order valence-corrected chi connectivity index (χ4v) is 3.69. The lowest BCUT2D eigenvalue weighted by Crippen LogP contribution is -2.41. The molecule has 34 heavy (non-hydrogen) atoms. The van der Waals surface area contributed by atoms with E-state index in [9.17, 15) is 35.9 Å². The van der Waals surface area contributed by atoms with E-state index >= 15 is 0 Å². The van der Waals surface area contributed by atoms with Gasteiger partial charge in [0.05, 0.1) is 22.5 Å². The summed E-state index contributed by atoms with van der Waals surface area (Å²) in [5.74, 6) is -2.60. The van der Waals surface area contributed by atoms with Gasteiger partial charge in [-0.15, -0.1) is 0 Å². The van der Waals surface area contributed by atoms with Gasteiger partial charge in [0.25, 0.3) is 11.8 Å². The van der Waals surface area contributed by atoms with Crippen LogP contribution in [0.1, 0.15) is 16.7 Å². The maximum atomic E-state index is 13.3. The number of carbonyl (C=O) groups is 2. The largest absolute Gasteiger partial charge is 0.416 e. The molecule has 10 heteroatoms. The number of hydrogen-bond donors (Lipinski definition) is 0. The number of carbonyl (C=O) groups excluding carboxylic acids is 2. The molecule has 0 spiro atoms. The maximum Gasteiger partial charge on any atom is 0.416 e. The standard InChI is InChI=1S/C24H16F6N2O2/c25-23(26,27)16-6-10-18(11-7-16)31-21(33)20(14-15-4-2-1-3-5-15)22(34)32(31)19-12-8-17(9-13-19)24(28,29)30/h1-13,20H,14H2. The van der Waals surface area contributed by atoms with Crippen LogP contribution in [0.5, 0.6) is 0 Å². The highest BCUT2D eigenvalue weighted by Crippen LogP contribution is 2.37. The lowest BCUT2D eigenvalue weighted by Gasteiger charge is -2.28. The Balaban J connectivity index is 1.75. The van der Waals surface area contributed by atoms with Crippen molar-refractivity contribution in [1.29, 1.82) is 0 Å². The molecule has 0 bridgehead atoms. The van der Waals surface area contributed by atoms with Crippen LogP contribution in [0.4, 0.5) is 37.7 Å². The summed E-state index contributed by atoms with van der Waals surface area (Å²) in [6, 6.07) is 15.8. The number of alkyl halides is 6. The molecule has 4 nitrogen and oxygen atoms in total. The van der Waals surface area contributed by atoms with Crippen molar-refractivity contribution < 1.29 is 35.9 Å². The molecule has 0 radical (unpaired) electrons. The molecule has 0 saturated carbocycles. The number of hydrogen-bond acceptors (Lipinski definition) is 2. The zero-order valence-corrected chi connectivity index (χ0v) is 17.3. The molecule has 0 atom stereocenters. The van der Waals surface area contributed by atoms with E-state index in [1.807, 2.05) is 0 Å². The van der Waals surface area contributed by atoms with Crippen molar-refractivity contribution in [2.75, 3.05) is 10.0 Å². The molecular weight excluding hydrogens is 462 g/mol. The van der Waals surface area contributed by atoms with Crippen molar-refractivity contribution in [3.05, 3.63) is 95.6 Å². The van der Waals surface area contributed by atoms with Crippen LogP contribution in [0.15, 0.2) is 78.9 Å². The van der Waals surface area contributed by atoms with Gasteiger partial charge in [0.2, 0.25) is 0 Å². The molecule has 3 aromatic carbocycles. The van der Waals surface area contributed by atoms with Crippen LogP contribution in [-0.4, -0.2) is 11.8 Å². The molecule has 1 aliphatic heterocycles. The molecule has 176 valence electrons. The van der Waals surface area contributed by atoms with Crippen molar-refractivity contribution in [3.8, 4) is 0 Å². The normalized spacial score (nSPS) is 15.4. The third-order valence-electron chi connectivity index (χ3n) is 5.37. The summed E-state index contributed by atoms with van der Waals surface area (Å²) in [6.07, 6.45) is -9.19. The Kier molecular flexibility index (Phi) is 5.84. The first kappa shape index (κ1) is 23.3. The minimum absolute atomic E-state index is 0.0206. The molecular formula is C24H16F6N2O2. The summed E-state index contributed by atoms with van der Waals surface area (Å²) < 4.78 is 77.9. The van der Waals surface area contributed by atoms with Crippen LogP contribution in [0.25, 0.3) is 0 Å². The molecule has 0 N–H and O–H groups in total. The molecule has 1 saturated heterocycles. The molecule has 0 unspecified atom stereocenters. The van der Waals surface area contributed by atoms with Crippen molar-refractivity contribution in [3.63, 3.8) is 0 Å². The van der Waals surface area contributed by atoms with Gasteiger partial charge in [0, 0.05) is 0 Å². The molecule has 3 aromatic rings. The van der Waals surface area contributed by atoms with Crippen LogP contribution < -0.4 is 10.0 Å². The van der Waals surface area contributed by atoms with E-state index in [2.05, 4.69) is 0 Å². The van der Waals surface area contributed by atoms with Gasteiger partial charge < -0.3 is 0 Å². The second-order valence-electron chi connectivity index (χ2n) is 7.63. The van der Waals surface area contributed by atoms with E-state index in [4.69, 9.17) is 0 Å². The minimum Gasteiger partial charge on any atom is -0.272 e. The van der Waals surface area contributed by atoms with Gasteiger partial charge in [0.1, 0.15) is 5.92 Å². The highest BCUT2D eigenvalue weighted by atomic mass is 19.4. The first-order valence-corrected chi connectivity index (χ1v) is 10.0. The second-order valence-corrected chi connectivity index (χ2v) is 7.63. The number of nitrogens with zero attached hydrogens (tertiary/aromatic N) is 2. The van der Waals surface area contributed by atoms with Crippen LogP contribution in [0, 0.1) is 5.92 Å².